The summed E-state index contributed by atoms with van der Waals surface area (Å²) in [4.78, 5) is 51.0. The van der Waals surface area contributed by atoms with Crippen LogP contribution in [-0.2, 0) is 42.9 Å². The summed E-state index contributed by atoms with van der Waals surface area (Å²) in [5.74, 6) is -3.15. The van der Waals surface area contributed by atoms with Crippen LogP contribution in [0.15, 0.2) is 72.9 Å². The molecule has 6 atom stereocenters. The zero-order valence-electron chi connectivity index (χ0n) is 47.3. The summed E-state index contributed by atoms with van der Waals surface area (Å²) in [5, 5.41) is 31.4. The van der Waals surface area contributed by atoms with Crippen molar-refractivity contribution in [2.45, 2.75) is 289 Å². The first kappa shape index (κ1) is 69.2. The van der Waals surface area contributed by atoms with Crippen LogP contribution in [0, 0.1) is 0 Å². The summed E-state index contributed by atoms with van der Waals surface area (Å²) in [6.07, 6.45) is 51.7. The topological polar surface area (TPSA) is 175 Å². The van der Waals surface area contributed by atoms with Crippen LogP contribution in [0.5, 0.6) is 0 Å². The zero-order valence-corrected chi connectivity index (χ0v) is 47.3. The van der Waals surface area contributed by atoms with Gasteiger partial charge in [-0.15, -0.1) is 0 Å². The summed E-state index contributed by atoms with van der Waals surface area (Å²) in [7, 11) is 0. The number of aliphatic hydroxyl groups is 2. The molecule has 0 amide bonds. The molecule has 1 heterocycles. The average Bonchev–Trinajstić information content (AvgIpc) is 3.39. The lowest BCUT2D eigenvalue weighted by atomic mass is 9.98. The van der Waals surface area contributed by atoms with E-state index in [1.807, 2.05) is 0 Å². The molecule has 1 fully saturated rings. The second-order valence-corrected chi connectivity index (χ2v) is 20.3. The van der Waals surface area contributed by atoms with Crippen LogP contribution >= 0.6 is 0 Å². The first-order valence-electron chi connectivity index (χ1n) is 29.9. The first-order chi connectivity index (χ1) is 36.6. The SMILES string of the molecule is CC/C=C\C/C=C\C/C=C\C/C=C\CCCCCCC(=O)OC(COC(=O)CCCCCCCCCCC/C=C\C/C=C\CCCCC)COC1OC(C(=O)O)C(O)C(O)C1OC(=O)CCCCCCCCCCC. The third-order valence-electron chi connectivity index (χ3n) is 13.3. The maximum atomic E-state index is 13.1. The van der Waals surface area contributed by atoms with Gasteiger partial charge in [0.25, 0.3) is 0 Å². The van der Waals surface area contributed by atoms with Gasteiger partial charge < -0.3 is 39.0 Å². The lowest BCUT2D eigenvalue weighted by Gasteiger charge is -2.40. The van der Waals surface area contributed by atoms with Gasteiger partial charge in [0.15, 0.2) is 24.6 Å². The second kappa shape index (κ2) is 50.9. The molecule has 0 aromatic rings. The summed E-state index contributed by atoms with van der Waals surface area (Å²) in [6.45, 7) is 5.80. The van der Waals surface area contributed by atoms with Crippen LogP contribution < -0.4 is 0 Å². The van der Waals surface area contributed by atoms with E-state index in [1.54, 1.807) is 0 Å². The number of carbonyl (C=O) groups is 4. The fourth-order valence-corrected chi connectivity index (χ4v) is 8.68. The largest absolute Gasteiger partial charge is 0.479 e. The Morgan fingerprint density at radius 1 is 0.453 bits per heavy atom. The Balaban J connectivity index is 2.67. The third-order valence-corrected chi connectivity index (χ3v) is 13.3. The van der Waals surface area contributed by atoms with E-state index in [0.717, 1.165) is 109 Å². The number of carbonyl (C=O) groups excluding carboxylic acids is 3. The quantitative estimate of drug-likeness (QED) is 0.0228. The van der Waals surface area contributed by atoms with Crippen molar-refractivity contribution in [3.63, 3.8) is 0 Å². The highest BCUT2D eigenvalue weighted by Gasteiger charge is 2.50. The van der Waals surface area contributed by atoms with Gasteiger partial charge in [0, 0.05) is 19.3 Å². The fraction of sp³-hybridized carbons (Fsp3) is 0.746. The zero-order chi connectivity index (χ0) is 54.7. The molecule has 1 saturated heterocycles. The van der Waals surface area contributed by atoms with Crippen molar-refractivity contribution in [3.05, 3.63) is 72.9 Å². The van der Waals surface area contributed by atoms with Gasteiger partial charge in [-0.05, 0) is 89.9 Å². The van der Waals surface area contributed by atoms with E-state index in [4.69, 9.17) is 23.7 Å². The van der Waals surface area contributed by atoms with Crippen molar-refractivity contribution in [1.29, 1.82) is 0 Å². The van der Waals surface area contributed by atoms with Crippen molar-refractivity contribution >= 4 is 23.9 Å². The summed E-state index contributed by atoms with van der Waals surface area (Å²) >= 11 is 0. The number of aliphatic carboxylic acids is 1. The number of rotatable bonds is 50. The normalized spacial score (nSPS) is 18.7. The van der Waals surface area contributed by atoms with E-state index in [0.29, 0.717) is 19.3 Å². The Morgan fingerprint density at radius 3 is 1.31 bits per heavy atom. The van der Waals surface area contributed by atoms with E-state index in [1.165, 1.54) is 83.5 Å². The number of unbranched alkanes of at least 4 members (excludes halogenated alkanes) is 24. The number of carboxylic acids is 1. The molecule has 0 spiro atoms. The van der Waals surface area contributed by atoms with Gasteiger partial charge in [0.1, 0.15) is 18.8 Å². The molecule has 1 aliphatic heterocycles. The lowest BCUT2D eigenvalue weighted by molar-refractivity contribution is -0.301. The molecule has 75 heavy (non-hydrogen) atoms. The minimum Gasteiger partial charge on any atom is -0.479 e. The van der Waals surface area contributed by atoms with Crippen LogP contribution in [0.3, 0.4) is 0 Å². The monoisotopic (exact) mass is 1050 g/mol. The van der Waals surface area contributed by atoms with Gasteiger partial charge >= 0.3 is 23.9 Å². The summed E-state index contributed by atoms with van der Waals surface area (Å²) in [6, 6.07) is 0. The number of ether oxygens (including phenoxy) is 5. The highest BCUT2D eigenvalue weighted by molar-refractivity contribution is 5.74. The highest BCUT2D eigenvalue weighted by atomic mass is 16.7. The van der Waals surface area contributed by atoms with E-state index >= 15 is 0 Å². The molecule has 12 heteroatoms. The Bertz CT molecular complexity index is 1580. The molecule has 430 valence electrons. The molecular formula is C63H106O12. The molecule has 0 saturated carbocycles. The molecule has 12 nitrogen and oxygen atoms in total. The molecule has 0 bridgehead atoms. The molecule has 0 aliphatic carbocycles. The van der Waals surface area contributed by atoms with Gasteiger partial charge in [-0.25, -0.2) is 4.79 Å². The third kappa shape index (κ3) is 41.0. The van der Waals surface area contributed by atoms with Gasteiger partial charge in [-0.1, -0.05) is 216 Å². The Hall–Kier alpha value is -3.84. The van der Waals surface area contributed by atoms with E-state index in [9.17, 15) is 34.5 Å². The Morgan fingerprint density at radius 2 is 0.840 bits per heavy atom. The minimum atomic E-state index is -1.91. The average molecular weight is 1060 g/mol. The first-order valence-corrected chi connectivity index (χ1v) is 29.9. The molecule has 6 unspecified atom stereocenters. The summed E-state index contributed by atoms with van der Waals surface area (Å²) < 4.78 is 28.4. The number of allylic oxidation sites excluding steroid dienone is 12. The van der Waals surface area contributed by atoms with Crippen LogP contribution in [0.2, 0.25) is 0 Å². The Kier molecular flexibility index (Phi) is 47.0. The molecule has 0 aromatic carbocycles. The van der Waals surface area contributed by atoms with Crippen molar-refractivity contribution in [2.75, 3.05) is 13.2 Å². The highest BCUT2D eigenvalue weighted by Crippen LogP contribution is 2.26. The van der Waals surface area contributed by atoms with Gasteiger partial charge in [0.05, 0.1) is 6.61 Å². The minimum absolute atomic E-state index is 0.0566. The molecule has 1 rings (SSSR count). The van der Waals surface area contributed by atoms with Crippen LogP contribution in [0.1, 0.15) is 252 Å². The molecule has 0 radical (unpaired) electrons. The Labute approximate surface area is 455 Å². The molecule has 3 N–H and O–H groups in total. The predicted molar refractivity (Wildman–Crippen MR) is 303 cm³/mol. The van der Waals surface area contributed by atoms with Crippen molar-refractivity contribution in [1.82, 2.24) is 0 Å². The van der Waals surface area contributed by atoms with Crippen molar-refractivity contribution in [3.8, 4) is 0 Å². The maximum absolute atomic E-state index is 13.1. The number of hydrogen-bond donors (Lipinski definition) is 3. The number of aliphatic hydroxyl groups excluding tert-OH is 2. The van der Waals surface area contributed by atoms with Crippen LogP contribution in [0.25, 0.3) is 0 Å². The second-order valence-electron chi connectivity index (χ2n) is 20.3. The number of esters is 3. The lowest BCUT2D eigenvalue weighted by Crippen LogP contribution is -2.61. The van der Waals surface area contributed by atoms with Gasteiger partial charge in [0.2, 0.25) is 0 Å². The van der Waals surface area contributed by atoms with Crippen molar-refractivity contribution in [2.24, 2.45) is 0 Å². The van der Waals surface area contributed by atoms with E-state index in [2.05, 4.69) is 93.7 Å². The maximum Gasteiger partial charge on any atom is 0.335 e. The van der Waals surface area contributed by atoms with E-state index < -0.39 is 67.3 Å². The van der Waals surface area contributed by atoms with Gasteiger partial charge in [-0.3, -0.25) is 14.4 Å². The molecule has 1 aliphatic rings. The van der Waals surface area contributed by atoms with E-state index in [-0.39, 0.29) is 25.9 Å². The van der Waals surface area contributed by atoms with Crippen LogP contribution in [0.4, 0.5) is 0 Å². The summed E-state index contributed by atoms with van der Waals surface area (Å²) in [5.41, 5.74) is 0. The standard InChI is InChI=1S/C63H106O12/c1-4-7-10-13-16-19-21-23-25-27-28-30-31-33-35-38-40-43-46-49-55(64)71-52-54(73-56(65)50-47-44-42-39-36-34-32-29-26-24-22-20-17-14-11-8-5-2)53-72-63-61(59(68)58(67)60(75-63)62(69)70)74-57(66)51-48-45-41-37-18-15-12-9-6-3/h8,11,16-17,19-20,23-26,32,34,54,58-61,63,67-68H,4-7,9-10,12-15,18,21-22,27-31,33,35-53H2,1-3H3,(H,69,70)/b11-8-,19-16-,20-17-,25-23-,26-24-,34-32-. The van der Waals surface area contributed by atoms with Gasteiger partial charge in [-0.2, -0.15) is 0 Å². The molecular weight excluding hydrogens is 949 g/mol. The smallest absolute Gasteiger partial charge is 0.335 e. The molecule has 0 aromatic heterocycles. The number of carboxylic acid groups (broad SMARTS) is 1. The predicted octanol–water partition coefficient (Wildman–Crippen LogP) is 15.3. The van der Waals surface area contributed by atoms with Crippen molar-refractivity contribution < 1.29 is 58.2 Å². The number of hydrogen-bond acceptors (Lipinski definition) is 11. The van der Waals surface area contributed by atoms with Crippen LogP contribution in [-0.4, -0.2) is 89.2 Å². The fourth-order valence-electron chi connectivity index (χ4n) is 8.68.